The molecule has 0 saturated carbocycles. The Bertz CT molecular complexity index is 1780. The van der Waals surface area contributed by atoms with Crippen LogP contribution >= 0.6 is 11.8 Å². The zero-order chi connectivity index (χ0) is 28.3. The fourth-order valence-electron chi connectivity index (χ4n) is 5.46. The Morgan fingerprint density at radius 3 is 2.73 bits per heavy atom. The summed E-state index contributed by atoms with van der Waals surface area (Å²) in [6.07, 6.45) is 7.41. The molecule has 0 bridgehead atoms. The first kappa shape index (κ1) is 26.9. The van der Waals surface area contributed by atoms with Gasteiger partial charge in [0, 0.05) is 28.1 Å². The third kappa shape index (κ3) is 5.65. The fraction of sp³-hybridized carbons (Fsp3) is 0.242. The van der Waals surface area contributed by atoms with Gasteiger partial charge in [-0.3, -0.25) is 9.59 Å². The Morgan fingerprint density at radius 1 is 1.05 bits per heavy atom. The summed E-state index contributed by atoms with van der Waals surface area (Å²) in [6, 6.07) is 21.5. The Balaban J connectivity index is 1.46. The molecule has 41 heavy (non-hydrogen) atoms. The van der Waals surface area contributed by atoms with Gasteiger partial charge in [0.25, 0.3) is 11.5 Å². The molecule has 6 rings (SSSR count). The smallest absolute Gasteiger partial charge is 0.261 e. The van der Waals surface area contributed by atoms with Crippen LogP contribution in [0.3, 0.4) is 0 Å². The van der Waals surface area contributed by atoms with Gasteiger partial charge in [-0.25, -0.2) is 4.98 Å². The van der Waals surface area contributed by atoms with Crippen LogP contribution in [0.25, 0.3) is 22.2 Å². The van der Waals surface area contributed by atoms with E-state index in [-0.39, 0.29) is 30.1 Å². The van der Waals surface area contributed by atoms with Gasteiger partial charge >= 0.3 is 0 Å². The molecule has 7 nitrogen and oxygen atoms in total. The van der Waals surface area contributed by atoms with Crippen molar-refractivity contribution in [2.24, 2.45) is 0 Å². The molecule has 3 aromatic heterocycles. The molecule has 0 unspecified atom stereocenters. The topological polar surface area (TPSA) is 88.4 Å². The van der Waals surface area contributed by atoms with Crippen LogP contribution in [-0.4, -0.2) is 34.1 Å². The normalized spacial score (nSPS) is 12.7. The van der Waals surface area contributed by atoms with Crippen LogP contribution in [0.15, 0.2) is 87.1 Å². The lowest BCUT2D eigenvalue weighted by Gasteiger charge is -2.24. The van der Waals surface area contributed by atoms with Crippen molar-refractivity contribution in [2.75, 3.05) is 13.4 Å². The number of rotatable bonds is 8. The third-order valence-electron chi connectivity index (χ3n) is 7.59. The average molecular weight is 566 g/mol. The highest BCUT2D eigenvalue weighted by molar-refractivity contribution is 7.98. The number of fused-ring (bicyclic) bond motifs is 2. The molecule has 1 amide bonds. The van der Waals surface area contributed by atoms with Crippen molar-refractivity contribution in [2.45, 2.75) is 43.7 Å². The van der Waals surface area contributed by atoms with Gasteiger partial charge in [-0.2, -0.15) is 0 Å². The molecule has 2 aromatic carbocycles. The summed E-state index contributed by atoms with van der Waals surface area (Å²) >= 11 is 1.66. The van der Waals surface area contributed by atoms with Crippen molar-refractivity contribution in [3.05, 3.63) is 111 Å². The van der Waals surface area contributed by atoms with Crippen LogP contribution in [0, 0.1) is 0 Å². The molecule has 0 radical (unpaired) electrons. The highest BCUT2D eigenvalue weighted by Crippen LogP contribution is 2.31. The van der Waals surface area contributed by atoms with Crippen LogP contribution in [-0.2, 0) is 25.9 Å². The number of hydrogen-bond donors (Lipinski definition) is 1. The molecule has 0 spiro atoms. The number of hydrogen-bond acceptors (Lipinski definition) is 6. The van der Waals surface area contributed by atoms with E-state index >= 15 is 0 Å². The van der Waals surface area contributed by atoms with Gasteiger partial charge in [0.2, 0.25) is 0 Å². The van der Waals surface area contributed by atoms with Crippen LogP contribution in [0.1, 0.15) is 45.8 Å². The molecular weight excluding hydrogens is 534 g/mol. The Kier molecular flexibility index (Phi) is 7.65. The van der Waals surface area contributed by atoms with Crippen molar-refractivity contribution in [3.8, 4) is 17.0 Å². The summed E-state index contributed by atoms with van der Waals surface area (Å²) in [5.74, 6) is 1.01. The second-order valence-corrected chi connectivity index (χ2v) is 11.1. The molecule has 1 aliphatic rings. The van der Waals surface area contributed by atoms with Crippen molar-refractivity contribution in [1.82, 2.24) is 14.9 Å². The Labute approximate surface area is 242 Å². The third-order valence-corrected chi connectivity index (χ3v) is 8.32. The number of aromatic nitrogens is 2. The Morgan fingerprint density at radius 2 is 1.93 bits per heavy atom. The van der Waals surface area contributed by atoms with Crippen molar-refractivity contribution in [1.29, 1.82) is 0 Å². The maximum absolute atomic E-state index is 14.1. The van der Waals surface area contributed by atoms with Crippen LogP contribution in [0.2, 0.25) is 0 Å². The molecule has 0 aliphatic heterocycles. The second kappa shape index (κ2) is 11.7. The molecule has 208 valence electrons. The number of methoxy groups -OCH3 is 1. The number of nitrogens with zero attached hydrogens (tertiary/aromatic N) is 2. The molecule has 0 atom stereocenters. The fourth-order valence-corrected chi connectivity index (χ4v) is 5.89. The maximum atomic E-state index is 14.1. The first-order valence-electron chi connectivity index (χ1n) is 13.7. The molecule has 3 heterocycles. The number of pyridine rings is 2. The number of H-pyrrole nitrogens is 1. The summed E-state index contributed by atoms with van der Waals surface area (Å²) in [4.78, 5) is 38.1. The van der Waals surface area contributed by atoms with Crippen molar-refractivity contribution in [3.63, 3.8) is 0 Å². The largest absolute Gasteiger partial charge is 0.497 e. The van der Waals surface area contributed by atoms with E-state index in [9.17, 15) is 9.59 Å². The van der Waals surface area contributed by atoms with Gasteiger partial charge in [0.1, 0.15) is 17.1 Å². The highest BCUT2D eigenvalue weighted by atomic mass is 32.2. The number of aryl methyl sites for hydroxylation is 2. The summed E-state index contributed by atoms with van der Waals surface area (Å²) in [5.41, 5.74) is 5.16. The van der Waals surface area contributed by atoms with E-state index in [1.807, 2.05) is 36.6 Å². The summed E-state index contributed by atoms with van der Waals surface area (Å²) in [7, 11) is 1.64. The number of amides is 1. The molecule has 0 saturated heterocycles. The lowest BCUT2D eigenvalue weighted by atomic mass is 9.94. The van der Waals surface area contributed by atoms with Crippen molar-refractivity contribution < 1.29 is 13.9 Å². The van der Waals surface area contributed by atoms with Gasteiger partial charge in [0.05, 0.1) is 31.1 Å². The minimum absolute atomic E-state index is 0.151. The van der Waals surface area contributed by atoms with Gasteiger partial charge in [0.15, 0.2) is 0 Å². The first-order chi connectivity index (χ1) is 20.0. The average Bonchev–Trinajstić information content (AvgIpc) is 3.52. The number of furan rings is 1. The summed E-state index contributed by atoms with van der Waals surface area (Å²) < 4.78 is 11.1. The van der Waals surface area contributed by atoms with E-state index in [2.05, 4.69) is 29.2 Å². The number of aromatic amines is 1. The van der Waals surface area contributed by atoms with E-state index in [0.717, 1.165) is 75.3 Å². The van der Waals surface area contributed by atoms with Crippen LogP contribution in [0.4, 0.5) is 0 Å². The number of ether oxygens (including phenoxy) is 1. The highest BCUT2D eigenvalue weighted by Gasteiger charge is 2.25. The number of nitrogens with one attached hydrogen (secondary N) is 1. The molecule has 1 N–H and O–H groups in total. The molecular formula is C33H31N3O4S. The van der Waals surface area contributed by atoms with E-state index < -0.39 is 0 Å². The predicted molar refractivity (Wildman–Crippen MR) is 162 cm³/mol. The standard InChI is InChI=1S/C33H31N3O4S/c1-39-25-9-5-8-23(16-25)31-24(15-22-12-13-27(41-2)18-30(22)34-31)19-36(20-26-10-6-14-40-26)33(38)28-17-21-7-3-4-11-29(21)35-32(28)37/h5-6,8-10,12-18H,3-4,7,11,19-20H2,1-2H3,(H,35,37). The predicted octanol–water partition coefficient (Wildman–Crippen LogP) is 6.64. The van der Waals surface area contributed by atoms with Crippen molar-refractivity contribution >= 4 is 28.6 Å². The van der Waals surface area contributed by atoms with E-state index in [4.69, 9.17) is 14.1 Å². The lowest BCUT2D eigenvalue weighted by molar-refractivity contribution is 0.0716. The number of carbonyl (C=O) groups excluding carboxylic acids is 1. The minimum atomic E-state index is -0.352. The van der Waals surface area contributed by atoms with Gasteiger partial charge in [-0.1, -0.05) is 18.2 Å². The van der Waals surface area contributed by atoms with Gasteiger partial charge in [-0.05, 0) is 91.6 Å². The number of thioether (sulfide) groups is 1. The first-order valence-corrected chi connectivity index (χ1v) is 14.9. The number of benzene rings is 2. The molecule has 0 fully saturated rings. The van der Waals surface area contributed by atoms with Crippen LogP contribution in [0.5, 0.6) is 5.75 Å². The lowest BCUT2D eigenvalue weighted by Crippen LogP contribution is -2.35. The van der Waals surface area contributed by atoms with E-state index in [0.29, 0.717) is 5.76 Å². The van der Waals surface area contributed by atoms with Crippen LogP contribution < -0.4 is 10.3 Å². The van der Waals surface area contributed by atoms with Gasteiger partial charge in [-0.15, -0.1) is 11.8 Å². The zero-order valence-electron chi connectivity index (χ0n) is 23.1. The quantitative estimate of drug-likeness (QED) is 0.212. The molecule has 1 aliphatic carbocycles. The second-order valence-electron chi connectivity index (χ2n) is 10.3. The monoisotopic (exact) mass is 565 g/mol. The SMILES string of the molecule is COc1cccc(-c2nc3cc(SC)ccc3cc2CN(Cc2ccco2)C(=O)c2cc3c([nH]c2=O)CCCC3)c1. The number of carbonyl (C=O) groups is 1. The van der Waals surface area contributed by atoms with E-state index in [1.54, 1.807) is 42.2 Å². The molecule has 8 heteroatoms. The zero-order valence-corrected chi connectivity index (χ0v) is 23.9. The minimum Gasteiger partial charge on any atom is -0.497 e. The summed E-state index contributed by atoms with van der Waals surface area (Å²) in [6.45, 7) is 0.444. The van der Waals surface area contributed by atoms with Gasteiger partial charge < -0.3 is 19.0 Å². The maximum Gasteiger partial charge on any atom is 0.261 e. The Hall–Kier alpha value is -4.30. The van der Waals surface area contributed by atoms with E-state index in [1.165, 1.54) is 0 Å². The molecule has 5 aromatic rings. The summed E-state index contributed by atoms with van der Waals surface area (Å²) in [5, 5.41) is 0.974.